The summed E-state index contributed by atoms with van der Waals surface area (Å²) in [4.78, 5) is 41.5. The summed E-state index contributed by atoms with van der Waals surface area (Å²) in [5.74, 6) is -0.941. The number of para-hydroxylation sites is 2. The minimum absolute atomic E-state index is 0.0768. The molecule has 2 aromatic carbocycles. The second-order valence-corrected chi connectivity index (χ2v) is 6.69. The van der Waals surface area contributed by atoms with Gasteiger partial charge in [0.25, 0.3) is 11.5 Å². The number of aryl methyl sites for hydroxylation is 2. The van der Waals surface area contributed by atoms with Crippen molar-refractivity contribution >= 4 is 33.6 Å². The third-order valence-corrected chi connectivity index (χ3v) is 4.80. The van der Waals surface area contributed by atoms with Gasteiger partial charge in [0.15, 0.2) is 5.69 Å². The van der Waals surface area contributed by atoms with Gasteiger partial charge in [-0.05, 0) is 25.1 Å². The summed E-state index contributed by atoms with van der Waals surface area (Å²) in [5.41, 5.74) is 6.40. The predicted octanol–water partition coefficient (Wildman–Crippen LogP) is 1.62. The van der Waals surface area contributed by atoms with Crippen LogP contribution in [0.25, 0.3) is 21.8 Å². The van der Waals surface area contributed by atoms with Gasteiger partial charge < -0.3 is 4.57 Å². The van der Waals surface area contributed by atoms with Crippen LogP contribution >= 0.6 is 0 Å². The number of imidazole rings is 1. The minimum Gasteiger partial charge on any atom is -0.330 e. The first kappa shape index (κ1) is 19.3. The fraction of sp³-hybridized carbons (Fsp3) is 0.190. The first-order chi connectivity index (χ1) is 14.6. The normalized spacial score (nSPS) is 11.0. The van der Waals surface area contributed by atoms with Crippen LogP contribution in [0.1, 0.15) is 23.8 Å². The number of hydrogen-bond donors (Lipinski definition) is 2. The molecule has 4 rings (SSSR count). The molecule has 2 heterocycles. The molecule has 0 atom stereocenters. The molecule has 152 valence electrons. The van der Waals surface area contributed by atoms with Crippen LogP contribution < -0.4 is 16.4 Å². The molecule has 30 heavy (non-hydrogen) atoms. The molecule has 9 heteroatoms. The number of fused-ring (bicyclic) bond motifs is 2. The summed E-state index contributed by atoms with van der Waals surface area (Å²) in [6, 6.07) is 14.4. The Labute approximate surface area is 171 Å². The Morgan fingerprint density at radius 3 is 2.53 bits per heavy atom. The Morgan fingerprint density at radius 1 is 1.00 bits per heavy atom. The molecule has 0 aliphatic heterocycles. The van der Waals surface area contributed by atoms with Crippen molar-refractivity contribution in [3.8, 4) is 0 Å². The summed E-state index contributed by atoms with van der Waals surface area (Å²) in [6.07, 6.45) is 1.84. The van der Waals surface area contributed by atoms with Crippen molar-refractivity contribution in [1.29, 1.82) is 0 Å². The van der Waals surface area contributed by atoms with E-state index < -0.39 is 5.91 Å². The first-order valence-corrected chi connectivity index (χ1v) is 9.57. The number of rotatable bonds is 5. The van der Waals surface area contributed by atoms with E-state index in [1.54, 1.807) is 37.5 Å². The molecule has 2 aromatic heterocycles. The van der Waals surface area contributed by atoms with Gasteiger partial charge in [-0.25, -0.2) is 9.67 Å². The second kappa shape index (κ2) is 8.16. The van der Waals surface area contributed by atoms with Crippen molar-refractivity contribution in [3.05, 3.63) is 70.9 Å². The van der Waals surface area contributed by atoms with Gasteiger partial charge in [-0.1, -0.05) is 30.3 Å². The smallest absolute Gasteiger partial charge is 0.290 e. The number of carbonyl (C=O) groups excluding carboxylic acids is 2. The number of hydrazine groups is 1. The molecule has 2 amide bonds. The van der Waals surface area contributed by atoms with Crippen LogP contribution in [-0.4, -0.2) is 31.1 Å². The molecule has 0 aliphatic rings. The Morgan fingerprint density at radius 2 is 1.73 bits per heavy atom. The average molecular weight is 404 g/mol. The third kappa shape index (κ3) is 3.64. The van der Waals surface area contributed by atoms with E-state index in [1.165, 1.54) is 4.68 Å². The van der Waals surface area contributed by atoms with Crippen LogP contribution in [0.3, 0.4) is 0 Å². The Kier molecular flexibility index (Phi) is 5.25. The first-order valence-electron chi connectivity index (χ1n) is 9.57. The molecule has 0 fully saturated rings. The van der Waals surface area contributed by atoms with Crippen molar-refractivity contribution < 1.29 is 9.59 Å². The van der Waals surface area contributed by atoms with Gasteiger partial charge in [-0.3, -0.25) is 25.2 Å². The lowest BCUT2D eigenvalue weighted by molar-refractivity contribution is -0.122. The van der Waals surface area contributed by atoms with Crippen LogP contribution in [0, 0.1) is 0 Å². The number of benzene rings is 2. The van der Waals surface area contributed by atoms with Crippen LogP contribution in [-0.2, 0) is 17.9 Å². The minimum atomic E-state index is -0.588. The highest BCUT2D eigenvalue weighted by molar-refractivity contribution is 6.05. The largest absolute Gasteiger partial charge is 0.330 e. The van der Waals surface area contributed by atoms with Crippen LogP contribution in [0.2, 0.25) is 0 Å². The quantitative estimate of drug-likeness (QED) is 0.491. The standard InChI is InChI=1S/C21H20N6O3/c1-2-27-21(30)15-8-4-3-7-14(15)19(25-27)20(29)24-23-18(28)11-12-26-13-22-16-9-5-6-10-17(16)26/h3-10,13H,2,11-12H2,1H3,(H,23,28)(H,24,29). The number of nitrogens with zero attached hydrogens (tertiary/aromatic N) is 4. The molecule has 0 unspecified atom stereocenters. The van der Waals surface area contributed by atoms with Crippen molar-refractivity contribution in [1.82, 2.24) is 30.2 Å². The molecule has 0 saturated carbocycles. The zero-order valence-corrected chi connectivity index (χ0v) is 16.3. The van der Waals surface area contributed by atoms with E-state index in [2.05, 4.69) is 20.9 Å². The topological polar surface area (TPSA) is 111 Å². The van der Waals surface area contributed by atoms with E-state index in [1.807, 2.05) is 28.8 Å². The molecule has 0 radical (unpaired) electrons. The summed E-state index contributed by atoms with van der Waals surface area (Å²) in [7, 11) is 0. The number of carbonyl (C=O) groups is 2. The van der Waals surface area contributed by atoms with Crippen molar-refractivity contribution in [2.75, 3.05) is 0 Å². The third-order valence-electron chi connectivity index (χ3n) is 4.80. The highest BCUT2D eigenvalue weighted by atomic mass is 16.2. The van der Waals surface area contributed by atoms with Gasteiger partial charge in [-0.15, -0.1) is 0 Å². The van der Waals surface area contributed by atoms with Crippen molar-refractivity contribution in [2.45, 2.75) is 26.4 Å². The Balaban J connectivity index is 1.44. The SMILES string of the molecule is CCn1nc(C(=O)NNC(=O)CCn2cnc3ccccc32)c2ccccc2c1=O. The summed E-state index contributed by atoms with van der Waals surface area (Å²) in [5, 5.41) is 4.98. The fourth-order valence-corrected chi connectivity index (χ4v) is 3.28. The maximum absolute atomic E-state index is 12.6. The Bertz CT molecular complexity index is 1310. The lowest BCUT2D eigenvalue weighted by Gasteiger charge is -2.11. The van der Waals surface area contributed by atoms with Crippen LogP contribution in [0.5, 0.6) is 0 Å². The number of amides is 2. The maximum atomic E-state index is 12.6. The zero-order chi connectivity index (χ0) is 21.1. The van der Waals surface area contributed by atoms with Gasteiger partial charge in [0.05, 0.1) is 22.7 Å². The second-order valence-electron chi connectivity index (χ2n) is 6.69. The monoisotopic (exact) mass is 404 g/mol. The maximum Gasteiger partial charge on any atom is 0.290 e. The van der Waals surface area contributed by atoms with Crippen LogP contribution in [0.15, 0.2) is 59.7 Å². The van der Waals surface area contributed by atoms with E-state index in [0.717, 1.165) is 11.0 Å². The number of aromatic nitrogens is 4. The van der Waals surface area contributed by atoms with E-state index in [9.17, 15) is 14.4 Å². The summed E-state index contributed by atoms with van der Waals surface area (Å²) < 4.78 is 3.10. The van der Waals surface area contributed by atoms with Gasteiger partial charge in [0.2, 0.25) is 5.91 Å². The Hall–Kier alpha value is -4.01. The molecule has 2 N–H and O–H groups in total. The zero-order valence-electron chi connectivity index (χ0n) is 16.3. The highest BCUT2D eigenvalue weighted by Crippen LogP contribution is 2.13. The molecule has 0 aliphatic carbocycles. The predicted molar refractivity (Wildman–Crippen MR) is 112 cm³/mol. The van der Waals surface area contributed by atoms with E-state index >= 15 is 0 Å². The molecule has 0 saturated heterocycles. The molecular weight excluding hydrogens is 384 g/mol. The van der Waals surface area contributed by atoms with Gasteiger partial charge >= 0.3 is 0 Å². The van der Waals surface area contributed by atoms with Crippen molar-refractivity contribution in [2.24, 2.45) is 0 Å². The molecule has 4 aromatic rings. The van der Waals surface area contributed by atoms with E-state index in [4.69, 9.17) is 0 Å². The van der Waals surface area contributed by atoms with Gasteiger partial charge in [0, 0.05) is 24.9 Å². The average Bonchev–Trinajstić information content (AvgIpc) is 3.19. The lowest BCUT2D eigenvalue weighted by atomic mass is 10.1. The molecule has 9 nitrogen and oxygen atoms in total. The number of nitrogens with one attached hydrogen (secondary N) is 2. The number of hydrogen-bond acceptors (Lipinski definition) is 5. The summed E-state index contributed by atoms with van der Waals surface area (Å²) >= 11 is 0. The molecule has 0 bridgehead atoms. The molecular formula is C21H20N6O3. The fourth-order valence-electron chi connectivity index (χ4n) is 3.28. The van der Waals surface area contributed by atoms with E-state index in [-0.39, 0.29) is 23.6 Å². The lowest BCUT2D eigenvalue weighted by Crippen LogP contribution is -2.43. The van der Waals surface area contributed by atoms with Crippen LogP contribution in [0.4, 0.5) is 0 Å². The molecule has 0 spiro atoms. The highest BCUT2D eigenvalue weighted by Gasteiger charge is 2.16. The van der Waals surface area contributed by atoms with Gasteiger partial charge in [-0.2, -0.15) is 5.10 Å². The van der Waals surface area contributed by atoms with Crippen molar-refractivity contribution in [3.63, 3.8) is 0 Å². The summed E-state index contributed by atoms with van der Waals surface area (Å²) in [6.45, 7) is 2.52. The van der Waals surface area contributed by atoms with E-state index in [0.29, 0.717) is 23.9 Å². The van der Waals surface area contributed by atoms with Gasteiger partial charge in [0.1, 0.15) is 0 Å².